The van der Waals surface area contributed by atoms with E-state index in [2.05, 4.69) is 10.6 Å². The number of nitrogens with zero attached hydrogens (tertiary/aromatic N) is 1. The predicted molar refractivity (Wildman–Crippen MR) is 69.2 cm³/mol. The summed E-state index contributed by atoms with van der Waals surface area (Å²) in [7, 11) is -3.05. The molecule has 0 aromatic heterocycles. The van der Waals surface area contributed by atoms with Crippen molar-refractivity contribution < 1.29 is 18.0 Å². The van der Waals surface area contributed by atoms with Crippen LogP contribution in [0.4, 0.5) is 0 Å². The maximum absolute atomic E-state index is 12.1. The molecule has 8 heteroatoms. The van der Waals surface area contributed by atoms with Crippen LogP contribution in [-0.2, 0) is 19.4 Å². The molecule has 2 aliphatic heterocycles. The van der Waals surface area contributed by atoms with Crippen molar-refractivity contribution in [2.45, 2.75) is 25.4 Å². The Morgan fingerprint density at radius 2 is 2.16 bits per heavy atom. The van der Waals surface area contributed by atoms with Crippen molar-refractivity contribution >= 4 is 21.7 Å². The lowest BCUT2D eigenvalue weighted by Crippen LogP contribution is -2.57. The largest absolute Gasteiger partial charge is 0.353 e. The fourth-order valence-corrected chi connectivity index (χ4v) is 3.89. The molecule has 2 atom stereocenters. The van der Waals surface area contributed by atoms with E-state index in [1.807, 2.05) is 0 Å². The van der Waals surface area contributed by atoms with Gasteiger partial charge in [0.2, 0.25) is 11.8 Å². The van der Waals surface area contributed by atoms with Crippen molar-refractivity contribution in [2.75, 3.05) is 31.1 Å². The van der Waals surface area contributed by atoms with Gasteiger partial charge in [-0.1, -0.05) is 0 Å². The quantitative estimate of drug-likeness (QED) is 0.620. The highest BCUT2D eigenvalue weighted by atomic mass is 32.2. The smallest absolute Gasteiger partial charge is 0.242 e. The van der Waals surface area contributed by atoms with E-state index in [9.17, 15) is 18.0 Å². The third kappa shape index (κ3) is 3.44. The van der Waals surface area contributed by atoms with E-state index < -0.39 is 15.9 Å². The van der Waals surface area contributed by atoms with Gasteiger partial charge >= 0.3 is 0 Å². The average Bonchev–Trinajstić information content (AvgIpc) is 2.31. The number of carbonyl (C=O) groups is 2. The molecule has 2 amide bonds. The monoisotopic (exact) mass is 289 g/mol. The van der Waals surface area contributed by atoms with E-state index in [0.29, 0.717) is 19.6 Å². The lowest BCUT2D eigenvalue weighted by Gasteiger charge is -2.34. The Balaban J connectivity index is 1.95. The van der Waals surface area contributed by atoms with Crippen LogP contribution in [0.5, 0.6) is 0 Å². The van der Waals surface area contributed by atoms with Crippen molar-refractivity contribution in [3.63, 3.8) is 0 Å². The highest BCUT2D eigenvalue weighted by molar-refractivity contribution is 7.91. The SMILES string of the molecule is CC1C(=O)NCCN1C(=O)CC1CS(=O)(=O)CCN1. The van der Waals surface area contributed by atoms with E-state index in [1.165, 1.54) is 4.90 Å². The Bertz CT molecular complexity index is 476. The van der Waals surface area contributed by atoms with Gasteiger partial charge < -0.3 is 15.5 Å². The van der Waals surface area contributed by atoms with Gasteiger partial charge in [-0.25, -0.2) is 8.42 Å². The summed E-state index contributed by atoms with van der Waals surface area (Å²) < 4.78 is 23.0. The normalized spacial score (nSPS) is 30.8. The fourth-order valence-electron chi connectivity index (χ4n) is 2.45. The average molecular weight is 289 g/mol. The zero-order valence-corrected chi connectivity index (χ0v) is 11.7. The van der Waals surface area contributed by atoms with Crippen LogP contribution in [0, 0.1) is 0 Å². The molecule has 2 fully saturated rings. The van der Waals surface area contributed by atoms with Crippen LogP contribution in [0.25, 0.3) is 0 Å². The van der Waals surface area contributed by atoms with E-state index in [1.54, 1.807) is 6.92 Å². The lowest BCUT2D eigenvalue weighted by atomic mass is 10.1. The number of rotatable bonds is 2. The summed E-state index contributed by atoms with van der Waals surface area (Å²) in [5.74, 6) is -0.214. The first kappa shape index (κ1) is 14.3. The molecule has 2 N–H and O–H groups in total. The number of nitrogens with one attached hydrogen (secondary N) is 2. The van der Waals surface area contributed by atoms with E-state index in [4.69, 9.17) is 0 Å². The first-order chi connectivity index (χ1) is 8.89. The second-order valence-electron chi connectivity index (χ2n) is 5.02. The molecule has 0 saturated carbocycles. The molecule has 2 saturated heterocycles. The molecule has 0 aliphatic carbocycles. The molecule has 108 valence electrons. The van der Waals surface area contributed by atoms with E-state index >= 15 is 0 Å². The summed E-state index contributed by atoms with van der Waals surface area (Å²) in [6.07, 6.45) is 0.122. The number of amides is 2. The minimum atomic E-state index is -3.05. The van der Waals surface area contributed by atoms with Crippen LogP contribution in [0.15, 0.2) is 0 Å². The zero-order valence-electron chi connectivity index (χ0n) is 10.9. The van der Waals surface area contributed by atoms with Gasteiger partial charge in [0.25, 0.3) is 0 Å². The summed E-state index contributed by atoms with van der Waals surface area (Å²) in [5.41, 5.74) is 0. The van der Waals surface area contributed by atoms with Crippen LogP contribution in [0.2, 0.25) is 0 Å². The Kier molecular flexibility index (Phi) is 4.10. The van der Waals surface area contributed by atoms with Gasteiger partial charge in [0, 0.05) is 32.1 Å². The molecular formula is C11H19N3O4S. The standard InChI is InChI=1S/C11H19N3O4S/c1-8-11(16)13-2-4-14(8)10(15)6-9-7-19(17,18)5-3-12-9/h8-9,12H,2-7H2,1H3,(H,13,16). The summed E-state index contributed by atoms with van der Waals surface area (Å²) in [6.45, 7) is 2.99. The maximum atomic E-state index is 12.1. The van der Waals surface area contributed by atoms with Crippen molar-refractivity contribution in [3.05, 3.63) is 0 Å². The first-order valence-electron chi connectivity index (χ1n) is 6.40. The maximum Gasteiger partial charge on any atom is 0.242 e. The van der Waals surface area contributed by atoms with Crippen molar-refractivity contribution in [2.24, 2.45) is 0 Å². The number of piperazine rings is 1. The molecule has 19 heavy (non-hydrogen) atoms. The summed E-state index contributed by atoms with van der Waals surface area (Å²) in [6, 6.07) is -0.829. The van der Waals surface area contributed by atoms with E-state index in [-0.39, 0.29) is 35.8 Å². The lowest BCUT2D eigenvalue weighted by molar-refractivity contribution is -0.142. The molecule has 0 bridgehead atoms. The van der Waals surface area contributed by atoms with Gasteiger partial charge in [-0.15, -0.1) is 0 Å². The highest BCUT2D eigenvalue weighted by Gasteiger charge is 2.32. The van der Waals surface area contributed by atoms with Gasteiger partial charge in [0.05, 0.1) is 11.5 Å². The van der Waals surface area contributed by atoms with Crippen LogP contribution in [-0.4, -0.2) is 68.4 Å². The Hall–Kier alpha value is -1.15. The van der Waals surface area contributed by atoms with Gasteiger partial charge in [-0.05, 0) is 6.92 Å². The van der Waals surface area contributed by atoms with Crippen LogP contribution in [0.3, 0.4) is 0 Å². The molecule has 0 spiro atoms. The molecule has 2 unspecified atom stereocenters. The molecule has 0 aromatic rings. The zero-order chi connectivity index (χ0) is 14.0. The van der Waals surface area contributed by atoms with Crippen molar-refractivity contribution in [1.29, 1.82) is 0 Å². The van der Waals surface area contributed by atoms with Gasteiger partial charge in [-0.2, -0.15) is 0 Å². The Morgan fingerprint density at radius 1 is 1.42 bits per heavy atom. The first-order valence-corrected chi connectivity index (χ1v) is 8.22. The number of hydrogen-bond donors (Lipinski definition) is 2. The second kappa shape index (κ2) is 5.46. The van der Waals surface area contributed by atoms with Gasteiger partial charge in [0.15, 0.2) is 9.84 Å². The van der Waals surface area contributed by atoms with Crippen molar-refractivity contribution in [3.8, 4) is 0 Å². The second-order valence-corrected chi connectivity index (χ2v) is 7.25. The summed E-state index contributed by atoms with van der Waals surface area (Å²) in [4.78, 5) is 25.1. The molecule has 2 heterocycles. The van der Waals surface area contributed by atoms with Crippen LogP contribution < -0.4 is 10.6 Å². The minimum Gasteiger partial charge on any atom is -0.353 e. The topological polar surface area (TPSA) is 95.6 Å². The van der Waals surface area contributed by atoms with Crippen LogP contribution >= 0.6 is 0 Å². The Morgan fingerprint density at radius 3 is 2.84 bits per heavy atom. The number of carbonyl (C=O) groups excluding carboxylic acids is 2. The number of hydrogen-bond acceptors (Lipinski definition) is 5. The van der Waals surface area contributed by atoms with Gasteiger partial charge in [-0.3, -0.25) is 9.59 Å². The number of sulfone groups is 1. The van der Waals surface area contributed by atoms with E-state index in [0.717, 1.165) is 0 Å². The third-order valence-corrected chi connectivity index (χ3v) is 5.28. The predicted octanol–water partition coefficient (Wildman–Crippen LogP) is -1.89. The van der Waals surface area contributed by atoms with Gasteiger partial charge in [0.1, 0.15) is 6.04 Å². The Labute approximate surface area is 112 Å². The third-order valence-electron chi connectivity index (χ3n) is 3.54. The molecule has 7 nitrogen and oxygen atoms in total. The molecule has 2 rings (SSSR count). The molecule has 0 aromatic carbocycles. The minimum absolute atomic E-state index is 0.00679. The molecule has 2 aliphatic rings. The fraction of sp³-hybridized carbons (Fsp3) is 0.818. The van der Waals surface area contributed by atoms with Crippen molar-refractivity contribution in [1.82, 2.24) is 15.5 Å². The highest BCUT2D eigenvalue weighted by Crippen LogP contribution is 2.11. The molecular weight excluding hydrogens is 270 g/mol. The summed E-state index contributed by atoms with van der Waals surface area (Å²) >= 11 is 0. The summed E-state index contributed by atoms with van der Waals surface area (Å²) in [5, 5.41) is 5.73. The van der Waals surface area contributed by atoms with Crippen LogP contribution in [0.1, 0.15) is 13.3 Å². The molecule has 0 radical (unpaired) electrons.